The molecular weight excluding hydrogens is 252 g/mol. The molecule has 2 unspecified atom stereocenters. The van der Waals surface area contributed by atoms with Crippen molar-refractivity contribution in [3.05, 3.63) is 0 Å². The molecular formula is C16H28N2O2. The first-order valence-corrected chi connectivity index (χ1v) is 8.31. The summed E-state index contributed by atoms with van der Waals surface area (Å²) in [6, 6.07) is 0.834. The third-order valence-electron chi connectivity index (χ3n) is 5.75. The van der Waals surface area contributed by atoms with Crippen molar-refractivity contribution in [2.24, 2.45) is 11.3 Å². The summed E-state index contributed by atoms with van der Waals surface area (Å²) in [5.74, 6) is 0.485. The highest BCUT2D eigenvalue weighted by molar-refractivity contribution is 5.79. The number of nitrogens with one attached hydrogen (secondary N) is 2. The quantitative estimate of drug-likeness (QED) is 0.826. The Morgan fingerprint density at radius 1 is 1.40 bits per heavy atom. The zero-order valence-corrected chi connectivity index (χ0v) is 12.8. The van der Waals surface area contributed by atoms with Gasteiger partial charge in [0, 0.05) is 30.0 Å². The monoisotopic (exact) mass is 280 g/mol. The van der Waals surface area contributed by atoms with E-state index < -0.39 is 0 Å². The Labute approximate surface area is 122 Å². The summed E-state index contributed by atoms with van der Waals surface area (Å²) in [7, 11) is 0. The Morgan fingerprint density at radius 3 is 2.80 bits per heavy atom. The maximum atomic E-state index is 12.5. The topological polar surface area (TPSA) is 50.4 Å². The molecule has 1 saturated heterocycles. The maximum absolute atomic E-state index is 12.5. The Morgan fingerprint density at radius 2 is 2.20 bits per heavy atom. The fourth-order valence-corrected chi connectivity index (χ4v) is 4.30. The van der Waals surface area contributed by atoms with Crippen molar-refractivity contribution >= 4 is 5.91 Å². The number of ether oxygens (including phenoxy) is 1. The van der Waals surface area contributed by atoms with E-state index in [0.29, 0.717) is 18.2 Å². The van der Waals surface area contributed by atoms with Gasteiger partial charge < -0.3 is 15.4 Å². The van der Waals surface area contributed by atoms with E-state index in [1.165, 1.54) is 19.3 Å². The Balaban J connectivity index is 1.54. The van der Waals surface area contributed by atoms with E-state index in [2.05, 4.69) is 24.5 Å². The van der Waals surface area contributed by atoms with Crippen molar-refractivity contribution in [2.45, 2.75) is 70.6 Å². The first-order valence-electron chi connectivity index (χ1n) is 8.31. The van der Waals surface area contributed by atoms with Crippen LogP contribution in [0.3, 0.4) is 0 Å². The lowest BCUT2D eigenvalue weighted by Crippen LogP contribution is -2.68. The molecule has 1 amide bonds. The SMILES string of the molecule is CCOC1CC(NC(=O)[C@H]2CCN[C@@H](C)C2)C12CCC2. The molecule has 2 aliphatic carbocycles. The van der Waals surface area contributed by atoms with Crippen LogP contribution in [-0.2, 0) is 9.53 Å². The molecule has 3 fully saturated rings. The van der Waals surface area contributed by atoms with E-state index in [0.717, 1.165) is 32.4 Å². The summed E-state index contributed by atoms with van der Waals surface area (Å²) in [6.45, 7) is 5.99. The number of carbonyl (C=O) groups is 1. The molecule has 4 nitrogen and oxygen atoms in total. The van der Waals surface area contributed by atoms with Gasteiger partial charge in [0.05, 0.1) is 6.10 Å². The minimum absolute atomic E-state index is 0.203. The van der Waals surface area contributed by atoms with Crippen LogP contribution in [0.5, 0.6) is 0 Å². The first kappa shape index (κ1) is 14.3. The van der Waals surface area contributed by atoms with Gasteiger partial charge in [0.15, 0.2) is 0 Å². The van der Waals surface area contributed by atoms with E-state index >= 15 is 0 Å². The molecule has 0 radical (unpaired) electrons. The van der Waals surface area contributed by atoms with Gasteiger partial charge in [-0.1, -0.05) is 6.42 Å². The number of amides is 1. The van der Waals surface area contributed by atoms with Gasteiger partial charge >= 0.3 is 0 Å². The normalized spacial score (nSPS) is 38.9. The average Bonchev–Trinajstić information content (AvgIpc) is 2.35. The predicted molar refractivity (Wildman–Crippen MR) is 78.4 cm³/mol. The third kappa shape index (κ3) is 2.37. The van der Waals surface area contributed by atoms with Crippen molar-refractivity contribution in [3.63, 3.8) is 0 Å². The van der Waals surface area contributed by atoms with Gasteiger partial charge in [0.2, 0.25) is 5.91 Å². The van der Waals surface area contributed by atoms with E-state index in [1.807, 2.05) is 0 Å². The van der Waals surface area contributed by atoms with E-state index in [-0.39, 0.29) is 17.2 Å². The van der Waals surface area contributed by atoms with Gasteiger partial charge in [-0.15, -0.1) is 0 Å². The van der Waals surface area contributed by atoms with Crippen LogP contribution < -0.4 is 10.6 Å². The average molecular weight is 280 g/mol. The molecule has 114 valence electrons. The second-order valence-corrected chi connectivity index (χ2v) is 6.90. The Hall–Kier alpha value is -0.610. The number of hydrogen-bond acceptors (Lipinski definition) is 3. The number of hydrogen-bond donors (Lipinski definition) is 2. The van der Waals surface area contributed by atoms with Crippen LogP contribution in [0.2, 0.25) is 0 Å². The molecule has 4 heteroatoms. The van der Waals surface area contributed by atoms with Crippen molar-refractivity contribution in [1.29, 1.82) is 0 Å². The Bertz CT molecular complexity index is 367. The molecule has 1 aliphatic heterocycles. The van der Waals surface area contributed by atoms with E-state index in [1.54, 1.807) is 0 Å². The molecule has 1 spiro atoms. The third-order valence-corrected chi connectivity index (χ3v) is 5.75. The highest BCUT2D eigenvalue weighted by Crippen LogP contribution is 2.57. The summed E-state index contributed by atoms with van der Waals surface area (Å²) in [5, 5.41) is 6.75. The summed E-state index contributed by atoms with van der Waals surface area (Å²) < 4.78 is 5.85. The molecule has 3 rings (SSSR count). The largest absolute Gasteiger partial charge is 0.378 e. The molecule has 1 heterocycles. The van der Waals surface area contributed by atoms with Crippen LogP contribution in [0.1, 0.15) is 52.4 Å². The molecule has 2 N–H and O–H groups in total. The van der Waals surface area contributed by atoms with Gasteiger partial charge in [-0.2, -0.15) is 0 Å². The highest BCUT2D eigenvalue weighted by Gasteiger charge is 2.59. The number of carbonyl (C=O) groups excluding carboxylic acids is 1. The van der Waals surface area contributed by atoms with Crippen molar-refractivity contribution in [1.82, 2.24) is 10.6 Å². The van der Waals surface area contributed by atoms with Crippen molar-refractivity contribution in [3.8, 4) is 0 Å². The summed E-state index contributed by atoms with van der Waals surface area (Å²) in [4.78, 5) is 12.5. The highest BCUT2D eigenvalue weighted by atomic mass is 16.5. The van der Waals surface area contributed by atoms with Crippen molar-refractivity contribution in [2.75, 3.05) is 13.2 Å². The minimum Gasteiger partial charge on any atom is -0.378 e. The summed E-state index contributed by atoms with van der Waals surface area (Å²) in [6.07, 6.45) is 7.10. The lowest BCUT2D eigenvalue weighted by atomic mass is 9.51. The standard InChI is InChI=1S/C16H28N2O2/c1-3-20-14-10-13(16(14)6-4-7-16)18-15(19)12-5-8-17-11(2)9-12/h11-14,17H,3-10H2,1-2H3,(H,18,19)/t11-,12-,13?,14?/m0/s1. The molecule has 0 aromatic heterocycles. The zero-order valence-electron chi connectivity index (χ0n) is 12.8. The molecule has 0 bridgehead atoms. The molecule has 0 aromatic rings. The van der Waals surface area contributed by atoms with Gasteiger partial charge in [0.1, 0.15) is 0 Å². The molecule has 0 aromatic carbocycles. The smallest absolute Gasteiger partial charge is 0.223 e. The fourth-order valence-electron chi connectivity index (χ4n) is 4.30. The first-order chi connectivity index (χ1) is 9.65. The van der Waals surface area contributed by atoms with E-state index in [9.17, 15) is 4.79 Å². The maximum Gasteiger partial charge on any atom is 0.223 e. The van der Waals surface area contributed by atoms with Crippen LogP contribution in [0.25, 0.3) is 0 Å². The van der Waals surface area contributed by atoms with Crippen molar-refractivity contribution < 1.29 is 9.53 Å². The van der Waals surface area contributed by atoms with Gasteiger partial charge in [0.25, 0.3) is 0 Å². The van der Waals surface area contributed by atoms with Gasteiger partial charge in [-0.25, -0.2) is 0 Å². The predicted octanol–water partition coefficient (Wildman–Crippen LogP) is 1.84. The minimum atomic E-state index is 0.203. The molecule has 20 heavy (non-hydrogen) atoms. The number of piperidine rings is 1. The van der Waals surface area contributed by atoms with Gasteiger partial charge in [-0.3, -0.25) is 4.79 Å². The molecule has 3 aliphatic rings. The second kappa shape index (κ2) is 5.64. The van der Waals surface area contributed by atoms with Crippen LogP contribution >= 0.6 is 0 Å². The summed E-state index contributed by atoms with van der Waals surface area (Å²) in [5.41, 5.74) is 0.282. The molecule has 4 atom stereocenters. The van der Waals surface area contributed by atoms with Crippen LogP contribution in [0.4, 0.5) is 0 Å². The zero-order chi connectivity index (χ0) is 14.2. The lowest BCUT2D eigenvalue weighted by molar-refractivity contribution is -0.177. The summed E-state index contributed by atoms with van der Waals surface area (Å²) >= 11 is 0. The lowest BCUT2D eigenvalue weighted by Gasteiger charge is -2.61. The van der Waals surface area contributed by atoms with Gasteiger partial charge in [-0.05, 0) is 52.5 Å². The van der Waals surface area contributed by atoms with Crippen LogP contribution in [-0.4, -0.2) is 37.2 Å². The Kier molecular flexibility index (Phi) is 4.04. The number of rotatable bonds is 4. The second-order valence-electron chi connectivity index (χ2n) is 6.90. The van der Waals surface area contributed by atoms with E-state index in [4.69, 9.17) is 4.74 Å². The van der Waals surface area contributed by atoms with Crippen LogP contribution in [0.15, 0.2) is 0 Å². The molecule has 2 saturated carbocycles. The van der Waals surface area contributed by atoms with Crippen LogP contribution in [0, 0.1) is 11.3 Å². The fraction of sp³-hybridized carbons (Fsp3) is 0.938.